The number of methoxy groups -OCH3 is 2. The van der Waals surface area contributed by atoms with Gasteiger partial charge in [0.05, 0.1) is 19.9 Å². The second-order valence-electron chi connectivity index (χ2n) is 7.06. The minimum atomic E-state index is -0.640. The van der Waals surface area contributed by atoms with Crippen LogP contribution in [0.4, 0.5) is 10.5 Å². The molecule has 7 heteroatoms. The van der Waals surface area contributed by atoms with Gasteiger partial charge in [0.15, 0.2) is 0 Å². The van der Waals surface area contributed by atoms with Gasteiger partial charge in [0.2, 0.25) is 0 Å². The van der Waals surface area contributed by atoms with Crippen LogP contribution < -0.4 is 19.6 Å². The number of rotatable bonds is 6. The highest BCUT2D eigenvalue weighted by Crippen LogP contribution is 2.28. The lowest BCUT2D eigenvalue weighted by molar-refractivity contribution is 0.132. The number of carbonyl (C=O) groups excluding carboxylic acids is 1. The predicted molar refractivity (Wildman–Crippen MR) is 123 cm³/mol. The third-order valence-electron chi connectivity index (χ3n) is 5.00. The number of aryl methyl sites for hydroxylation is 1. The Morgan fingerprint density at radius 2 is 1.44 bits per heavy atom. The molecule has 0 radical (unpaired) electrons. The number of amides is 1. The van der Waals surface area contributed by atoms with Crippen LogP contribution in [-0.4, -0.2) is 30.3 Å². The number of hydrogen-bond donors (Lipinski definition) is 1. The molecule has 0 unspecified atom stereocenters. The van der Waals surface area contributed by atoms with Crippen molar-refractivity contribution in [1.82, 2.24) is 9.94 Å². The fourth-order valence-corrected chi connectivity index (χ4v) is 3.22. The molecule has 0 bridgehead atoms. The molecule has 4 rings (SSSR count). The minimum absolute atomic E-state index is 0.624. The molecule has 1 aromatic heterocycles. The van der Waals surface area contributed by atoms with Crippen LogP contribution in [0.25, 0.3) is 22.5 Å². The number of nitrogens with zero attached hydrogens (tertiary/aromatic N) is 2. The SMILES string of the molecule is COc1ccc(-c2cc(-c3ccc(OC)cc3)n(OC(=O)Nc3ccccc3C)n2)cc1. The molecule has 7 nitrogen and oxygen atoms in total. The van der Waals surface area contributed by atoms with E-state index >= 15 is 0 Å². The molecule has 0 spiro atoms. The third kappa shape index (κ3) is 4.57. The molecule has 0 aliphatic rings. The quantitative estimate of drug-likeness (QED) is 0.456. The van der Waals surface area contributed by atoms with E-state index in [4.69, 9.17) is 14.3 Å². The van der Waals surface area contributed by atoms with E-state index in [1.54, 1.807) is 14.2 Å². The van der Waals surface area contributed by atoms with Crippen LogP contribution in [-0.2, 0) is 0 Å². The van der Waals surface area contributed by atoms with E-state index in [1.165, 1.54) is 4.85 Å². The van der Waals surface area contributed by atoms with Gasteiger partial charge in [-0.1, -0.05) is 23.0 Å². The Morgan fingerprint density at radius 1 is 0.844 bits per heavy atom. The Labute approximate surface area is 186 Å². The Bertz CT molecular complexity index is 1210. The molecule has 32 heavy (non-hydrogen) atoms. The molecule has 0 fully saturated rings. The van der Waals surface area contributed by atoms with E-state index in [-0.39, 0.29) is 0 Å². The monoisotopic (exact) mass is 429 g/mol. The Balaban J connectivity index is 1.67. The van der Waals surface area contributed by atoms with Crippen LogP contribution in [0, 0.1) is 6.92 Å². The summed E-state index contributed by atoms with van der Waals surface area (Å²) < 4.78 is 10.5. The molecular formula is C25H23N3O4. The summed E-state index contributed by atoms with van der Waals surface area (Å²) in [6.07, 6.45) is -0.640. The zero-order valence-corrected chi connectivity index (χ0v) is 18.0. The van der Waals surface area contributed by atoms with E-state index in [0.29, 0.717) is 17.1 Å². The van der Waals surface area contributed by atoms with E-state index in [2.05, 4.69) is 10.4 Å². The second kappa shape index (κ2) is 9.26. The standard InChI is InChI=1S/C25H23N3O4/c1-17-6-4-5-7-22(17)26-25(29)32-28-24(19-10-14-21(31-3)15-11-19)16-23(27-28)18-8-12-20(30-2)13-9-18/h4-16H,1-3H3,(H,26,29). The summed E-state index contributed by atoms with van der Waals surface area (Å²) in [6, 6.07) is 24.3. The first-order valence-corrected chi connectivity index (χ1v) is 10.0. The molecule has 0 aliphatic carbocycles. The van der Waals surface area contributed by atoms with Gasteiger partial charge in [0.25, 0.3) is 0 Å². The van der Waals surface area contributed by atoms with Crippen LogP contribution in [0.5, 0.6) is 11.5 Å². The van der Waals surface area contributed by atoms with Gasteiger partial charge < -0.3 is 9.47 Å². The fraction of sp³-hybridized carbons (Fsp3) is 0.120. The molecule has 4 aromatic rings. The maximum Gasteiger partial charge on any atom is 0.437 e. The van der Waals surface area contributed by atoms with Crippen molar-refractivity contribution in [1.29, 1.82) is 0 Å². The van der Waals surface area contributed by atoms with Crippen LogP contribution in [0.2, 0.25) is 0 Å². The maximum atomic E-state index is 12.6. The van der Waals surface area contributed by atoms with Crippen molar-refractivity contribution in [2.45, 2.75) is 6.92 Å². The van der Waals surface area contributed by atoms with Gasteiger partial charge >= 0.3 is 6.09 Å². The lowest BCUT2D eigenvalue weighted by Crippen LogP contribution is -2.26. The number of anilines is 1. The van der Waals surface area contributed by atoms with Gasteiger partial charge in [-0.2, -0.15) is 0 Å². The molecular weight excluding hydrogens is 406 g/mol. The summed E-state index contributed by atoms with van der Waals surface area (Å²) in [4.78, 5) is 19.4. The van der Waals surface area contributed by atoms with Crippen molar-refractivity contribution in [2.75, 3.05) is 19.5 Å². The van der Waals surface area contributed by atoms with Crippen molar-refractivity contribution in [2.24, 2.45) is 0 Å². The fourth-order valence-electron chi connectivity index (χ4n) is 3.22. The first-order valence-electron chi connectivity index (χ1n) is 10.0. The number of aromatic nitrogens is 2. The maximum absolute atomic E-state index is 12.6. The Kier molecular flexibility index (Phi) is 6.07. The van der Waals surface area contributed by atoms with E-state index in [9.17, 15) is 4.79 Å². The highest BCUT2D eigenvalue weighted by atomic mass is 16.7. The number of ether oxygens (including phenoxy) is 2. The molecule has 3 aromatic carbocycles. The summed E-state index contributed by atoms with van der Waals surface area (Å²) in [6.45, 7) is 1.91. The molecule has 0 atom stereocenters. The van der Waals surface area contributed by atoms with Crippen LogP contribution >= 0.6 is 0 Å². The number of carbonyl (C=O) groups is 1. The number of nitrogens with one attached hydrogen (secondary N) is 1. The molecule has 0 aliphatic heterocycles. The second-order valence-corrected chi connectivity index (χ2v) is 7.06. The van der Waals surface area contributed by atoms with Crippen LogP contribution in [0.15, 0.2) is 78.9 Å². The van der Waals surface area contributed by atoms with Gasteiger partial charge in [0.1, 0.15) is 17.2 Å². The topological polar surface area (TPSA) is 74.6 Å². The van der Waals surface area contributed by atoms with Crippen molar-refractivity contribution in [3.8, 4) is 34.0 Å². The highest BCUT2D eigenvalue weighted by molar-refractivity contribution is 5.86. The van der Waals surface area contributed by atoms with Gasteiger partial charge in [-0.25, -0.2) is 4.79 Å². The number of benzene rings is 3. The lowest BCUT2D eigenvalue weighted by Gasteiger charge is -2.10. The summed E-state index contributed by atoms with van der Waals surface area (Å²) in [7, 11) is 3.23. The zero-order valence-electron chi connectivity index (χ0n) is 18.0. The van der Waals surface area contributed by atoms with Crippen molar-refractivity contribution >= 4 is 11.8 Å². The molecule has 0 saturated carbocycles. The zero-order chi connectivity index (χ0) is 22.5. The molecule has 1 heterocycles. The van der Waals surface area contributed by atoms with Gasteiger partial charge in [0, 0.05) is 16.8 Å². The molecule has 1 N–H and O–H groups in total. The average molecular weight is 429 g/mol. The van der Waals surface area contributed by atoms with Gasteiger partial charge in [-0.05, 0) is 73.2 Å². The Hall–Kier alpha value is -4.26. The molecule has 0 saturated heterocycles. The van der Waals surface area contributed by atoms with Gasteiger partial charge in [-0.15, -0.1) is 5.10 Å². The molecule has 162 valence electrons. The largest absolute Gasteiger partial charge is 0.497 e. The smallest absolute Gasteiger partial charge is 0.437 e. The number of hydrogen-bond acceptors (Lipinski definition) is 5. The van der Waals surface area contributed by atoms with Crippen LogP contribution in [0.1, 0.15) is 5.56 Å². The number of para-hydroxylation sites is 1. The van der Waals surface area contributed by atoms with Crippen molar-refractivity contribution in [3.05, 3.63) is 84.4 Å². The molecule has 1 amide bonds. The Morgan fingerprint density at radius 3 is 2.03 bits per heavy atom. The summed E-state index contributed by atoms with van der Waals surface area (Å²) in [5.41, 5.74) is 4.56. The highest BCUT2D eigenvalue weighted by Gasteiger charge is 2.16. The first kappa shape index (κ1) is 21.0. The van der Waals surface area contributed by atoms with Crippen molar-refractivity contribution in [3.63, 3.8) is 0 Å². The summed E-state index contributed by atoms with van der Waals surface area (Å²) in [5.74, 6) is 1.48. The van der Waals surface area contributed by atoms with Crippen LogP contribution in [0.3, 0.4) is 0 Å². The lowest BCUT2D eigenvalue weighted by atomic mass is 10.1. The predicted octanol–water partition coefficient (Wildman–Crippen LogP) is 5.20. The normalized spacial score (nSPS) is 10.5. The van der Waals surface area contributed by atoms with Gasteiger partial charge in [-0.3, -0.25) is 10.2 Å². The van der Waals surface area contributed by atoms with E-state index in [0.717, 1.165) is 28.2 Å². The summed E-state index contributed by atoms with van der Waals surface area (Å²) in [5, 5.41) is 7.28. The van der Waals surface area contributed by atoms with E-state index < -0.39 is 6.09 Å². The summed E-state index contributed by atoms with van der Waals surface area (Å²) >= 11 is 0. The first-order chi connectivity index (χ1) is 15.6. The third-order valence-corrected chi connectivity index (χ3v) is 5.00. The van der Waals surface area contributed by atoms with Crippen molar-refractivity contribution < 1.29 is 19.1 Å². The average Bonchev–Trinajstić information content (AvgIpc) is 3.24. The van der Waals surface area contributed by atoms with E-state index in [1.807, 2.05) is 85.8 Å². The minimum Gasteiger partial charge on any atom is -0.497 e.